The van der Waals surface area contributed by atoms with E-state index in [0.29, 0.717) is 6.04 Å². The Morgan fingerprint density at radius 2 is 2.42 bits per heavy atom. The molecule has 0 spiro atoms. The van der Waals surface area contributed by atoms with Crippen LogP contribution in [0, 0.1) is 2.88 Å². The first-order valence-electron chi connectivity index (χ1n) is 3.80. The van der Waals surface area contributed by atoms with E-state index in [9.17, 15) is 4.79 Å². The van der Waals surface area contributed by atoms with Gasteiger partial charge in [-0.2, -0.15) is 0 Å². The lowest BCUT2D eigenvalue weighted by molar-refractivity contribution is 0.0951. The molecule has 0 bridgehead atoms. The van der Waals surface area contributed by atoms with E-state index in [-0.39, 0.29) is 5.91 Å². The van der Waals surface area contributed by atoms with E-state index in [1.54, 1.807) is 11.3 Å². The summed E-state index contributed by atoms with van der Waals surface area (Å²) in [5, 5.41) is 4.85. The second kappa shape index (κ2) is 3.33. The molecule has 0 saturated heterocycles. The van der Waals surface area contributed by atoms with E-state index >= 15 is 0 Å². The van der Waals surface area contributed by atoms with Gasteiger partial charge in [0, 0.05) is 11.4 Å². The van der Waals surface area contributed by atoms with Crippen molar-refractivity contribution in [2.45, 2.75) is 18.9 Å². The van der Waals surface area contributed by atoms with E-state index in [4.69, 9.17) is 0 Å². The van der Waals surface area contributed by atoms with E-state index in [1.807, 2.05) is 11.4 Å². The van der Waals surface area contributed by atoms with Crippen molar-refractivity contribution in [2.24, 2.45) is 0 Å². The molecule has 0 unspecified atom stereocenters. The Balaban J connectivity index is 2.03. The summed E-state index contributed by atoms with van der Waals surface area (Å²) < 4.78 is 1.16. The molecule has 1 N–H and O–H groups in total. The number of amides is 1. The molecule has 1 fully saturated rings. The number of rotatable bonds is 2. The lowest BCUT2D eigenvalue weighted by Gasteiger charge is -1.98. The van der Waals surface area contributed by atoms with Crippen molar-refractivity contribution < 1.29 is 4.79 Å². The molecule has 0 radical (unpaired) electrons. The third kappa shape index (κ3) is 1.98. The summed E-state index contributed by atoms with van der Waals surface area (Å²) >= 11 is 3.83. The molecule has 2 nitrogen and oxygen atoms in total. The Hall–Kier alpha value is -0.100. The van der Waals surface area contributed by atoms with Crippen LogP contribution in [0.1, 0.15) is 23.2 Å². The number of hydrogen-bond acceptors (Lipinski definition) is 2. The van der Waals surface area contributed by atoms with Gasteiger partial charge in [-0.1, -0.05) is 0 Å². The first-order chi connectivity index (χ1) is 5.75. The minimum Gasteiger partial charge on any atom is -0.349 e. The van der Waals surface area contributed by atoms with Gasteiger partial charge in [-0.05, 0) is 41.5 Å². The summed E-state index contributed by atoms with van der Waals surface area (Å²) in [7, 11) is 0. The zero-order valence-corrected chi connectivity index (χ0v) is 9.31. The molecule has 0 aromatic carbocycles. The SMILES string of the molecule is O=C(NC1CC1)c1csc(I)c1. The van der Waals surface area contributed by atoms with Gasteiger partial charge in [-0.25, -0.2) is 0 Å². The molecule has 0 aliphatic heterocycles. The normalized spacial score (nSPS) is 16.1. The van der Waals surface area contributed by atoms with Crippen LogP contribution in [0.4, 0.5) is 0 Å². The summed E-state index contributed by atoms with van der Waals surface area (Å²) in [4.78, 5) is 11.4. The molecular formula is C8H8INOS. The molecule has 0 atom stereocenters. The first-order valence-corrected chi connectivity index (χ1v) is 5.76. The van der Waals surface area contributed by atoms with Crippen molar-refractivity contribution in [1.82, 2.24) is 5.32 Å². The molecular weight excluding hydrogens is 285 g/mol. The highest BCUT2D eigenvalue weighted by Crippen LogP contribution is 2.21. The van der Waals surface area contributed by atoms with Crippen molar-refractivity contribution in [3.05, 3.63) is 19.9 Å². The molecule has 1 aromatic rings. The molecule has 1 saturated carbocycles. The summed E-state index contributed by atoms with van der Waals surface area (Å²) in [6.45, 7) is 0. The standard InChI is InChI=1S/C8H8INOS/c9-7-3-5(4-12-7)8(11)10-6-1-2-6/h3-4,6H,1-2H2,(H,10,11). The second-order valence-corrected chi connectivity index (χ2v) is 5.69. The number of halogens is 1. The summed E-state index contributed by atoms with van der Waals surface area (Å²) in [5.41, 5.74) is 0.802. The number of nitrogens with one attached hydrogen (secondary N) is 1. The quantitative estimate of drug-likeness (QED) is 0.833. The molecule has 64 valence electrons. The highest BCUT2D eigenvalue weighted by Gasteiger charge is 2.23. The highest BCUT2D eigenvalue weighted by atomic mass is 127. The highest BCUT2D eigenvalue weighted by molar-refractivity contribution is 14.1. The lowest BCUT2D eigenvalue weighted by atomic mass is 10.3. The molecule has 1 aliphatic rings. The van der Waals surface area contributed by atoms with Crippen LogP contribution < -0.4 is 5.32 Å². The molecule has 1 aliphatic carbocycles. The predicted molar refractivity (Wildman–Crippen MR) is 57.5 cm³/mol. The van der Waals surface area contributed by atoms with Crippen LogP contribution in [0.3, 0.4) is 0 Å². The smallest absolute Gasteiger partial charge is 0.252 e. The third-order valence-corrected chi connectivity index (χ3v) is 3.53. The van der Waals surface area contributed by atoms with Gasteiger partial charge in [0.1, 0.15) is 0 Å². The minimum atomic E-state index is 0.0802. The van der Waals surface area contributed by atoms with Crippen molar-refractivity contribution in [3.63, 3.8) is 0 Å². The van der Waals surface area contributed by atoms with Crippen LogP contribution in [0.2, 0.25) is 0 Å². The van der Waals surface area contributed by atoms with Gasteiger partial charge in [-0.15, -0.1) is 11.3 Å². The third-order valence-electron chi connectivity index (χ3n) is 1.74. The maximum Gasteiger partial charge on any atom is 0.252 e. The van der Waals surface area contributed by atoms with Crippen molar-refractivity contribution in [2.75, 3.05) is 0 Å². The van der Waals surface area contributed by atoms with E-state index in [0.717, 1.165) is 21.3 Å². The van der Waals surface area contributed by atoms with Gasteiger partial charge >= 0.3 is 0 Å². The van der Waals surface area contributed by atoms with Crippen molar-refractivity contribution >= 4 is 39.8 Å². The number of carbonyl (C=O) groups excluding carboxylic acids is 1. The predicted octanol–water partition coefficient (Wildman–Crippen LogP) is 2.24. The fourth-order valence-electron chi connectivity index (χ4n) is 0.926. The topological polar surface area (TPSA) is 29.1 Å². The first kappa shape index (κ1) is 8.50. The minimum absolute atomic E-state index is 0.0802. The Morgan fingerprint density at radius 1 is 1.67 bits per heavy atom. The Kier molecular flexibility index (Phi) is 2.36. The Morgan fingerprint density at radius 3 is 2.92 bits per heavy atom. The van der Waals surface area contributed by atoms with Crippen LogP contribution >= 0.6 is 33.9 Å². The van der Waals surface area contributed by atoms with Crippen LogP contribution in [0.25, 0.3) is 0 Å². The van der Waals surface area contributed by atoms with Gasteiger partial charge in [-0.3, -0.25) is 4.79 Å². The van der Waals surface area contributed by atoms with E-state index < -0.39 is 0 Å². The summed E-state index contributed by atoms with van der Waals surface area (Å²) in [6, 6.07) is 2.37. The van der Waals surface area contributed by atoms with Gasteiger partial charge in [0.15, 0.2) is 0 Å². The van der Waals surface area contributed by atoms with Crippen LogP contribution in [0.15, 0.2) is 11.4 Å². The molecule has 12 heavy (non-hydrogen) atoms. The maximum atomic E-state index is 11.4. The largest absolute Gasteiger partial charge is 0.349 e. The van der Waals surface area contributed by atoms with Gasteiger partial charge in [0.05, 0.1) is 8.45 Å². The van der Waals surface area contributed by atoms with Gasteiger partial charge < -0.3 is 5.32 Å². The van der Waals surface area contributed by atoms with E-state index in [2.05, 4.69) is 27.9 Å². The summed E-state index contributed by atoms with van der Waals surface area (Å²) in [5.74, 6) is 0.0802. The van der Waals surface area contributed by atoms with Crippen LogP contribution in [-0.4, -0.2) is 11.9 Å². The number of thiophene rings is 1. The summed E-state index contributed by atoms with van der Waals surface area (Å²) in [6.07, 6.45) is 2.29. The van der Waals surface area contributed by atoms with E-state index in [1.165, 1.54) is 0 Å². The Bertz CT molecular complexity index is 306. The monoisotopic (exact) mass is 293 g/mol. The fraction of sp³-hybridized carbons (Fsp3) is 0.375. The van der Waals surface area contributed by atoms with Crippen LogP contribution in [-0.2, 0) is 0 Å². The maximum absolute atomic E-state index is 11.4. The second-order valence-electron chi connectivity index (χ2n) is 2.89. The number of hydrogen-bond donors (Lipinski definition) is 1. The van der Waals surface area contributed by atoms with Gasteiger partial charge in [0.25, 0.3) is 5.91 Å². The zero-order chi connectivity index (χ0) is 8.55. The van der Waals surface area contributed by atoms with Gasteiger partial charge in [0.2, 0.25) is 0 Å². The van der Waals surface area contributed by atoms with Crippen molar-refractivity contribution in [3.8, 4) is 0 Å². The zero-order valence-electron chi connectivity index (χ0n) is 6.34. The average Bonchev–Trinajstić information content (AvgIpc) is 2.72. The molecule has 1 aromatic heterocycles. The Labute approximate surface area is 88.5 Å². The lowest BCUT2D eigenvalue weighted by Crippen LogP contribution is -2.24. The fourth-order valence-corrected chi connectivity index (χ4v) is 2.25. The van der Waals surface area contributed by atoms with Crippen molar-refractivity contribution in [1.29, 1.82) is 0 Å². The average molecular weight is 293 g/mol. The van der Waals surface area contributed by atoms with Crippen LogP contribution in [0.5, 0.6) is 0 Å². The molecule has 1 amide bonds. The molecule has 2 rings (SSSR count). The number of carbonyl (C=O) groups is 1. The molecule has 4 heteroatoms. The molecule has 1 heterocycles.